The number of fused-ring (bicyclic) bond motifs is 10. The van der Waals surface area contributed by atoms with Gasteiger partial charge >= 0.3 is 0 Å². The molecule has 4 nitrogen and oxygen atoms in total. The van der Waals surface area contributed by atoms with E-state index in [9.17, 15) is 0 Å². The highest BCUT2D eigenvalue weighted by Crippen LogP contribution is 2.45. The standard InChI is InChI=1S/C38H23N3O/c1-3-13-24(14-4-1)30-23-31(25-15-5-2-6-16-25)40-38(39-30)41-32-21-11-9-19-28(32)35-36(41)27-18-8-7-17-26(27)34-29-20-10-12-22-33(29)42-37(34)35/h1-23H. The molecule has 3 heterocycles. The second-order valence-electron chi connectivity index (χ2n) is 10.6. The van der Waals surface area contributed by atoms with Crippen LogP contribution in [0.2, 0.25) is 0 Å². The number of hydrogen-bond acceptors (Lipinski definition) is 3. The van der Waals surface area contributed by atoms with Gasteiger partial charge in [-0.05, 0) is 23.6 Å². The number of benzene rings is 6. The van der Waals surface area contributed by atoms with Crippen molar-refractivity contribution in [3.63, 3.8) is 0 Å². The van der Waals surface area contributed by atoms with Crippen molar-refractivity contribution >= 4 is 54.5 Å². The minimum absolute atomic E-state index is 0.627. The quantitative estimate of drug-likeness (QED) is 0.225. The lowest BCUT2D eigenvalue weighted by atomic mass is 9.99. The van der Waals surface area contributed by atoms with Crippen molar-refractivity contribution in [3.05, 3.63) is 140 Å². The number of nitrogens with zero attached hydrogens (tertiary/aromatic N) is 3. The van der Waals surface area contributed by atoms with E-state index in [4.69, 9.17) is 14.4 Å². The summed E-state index contributed by atoms with van der Waals surface area (Å²) >= 11 is 0. The Morgan fingerprint density at radius 2 is 1.02 bits per heavy atom. The van der Waals surface area contributed by atoms with Crippen LogP contribution in [0.5, 0.6) is 0 Å². The number of rotatable bonds is 3. The lowest BCUT2D eigenvalue weighted by Crippen LogP contribution is -2.04. The zero-order valence-electron chi connectivity index (χ0n) is 22.5. The summed E-state index contributed by atoms with van der Waals surface area (Å²) in [6.07, 6.45) is 0. The maximum atomic E-state index is 6.66. The van der Waals surface area contributed by atoms with Crippen LogP contribution in [0.4, 0.5) is 0 Å². The Morgan fingerprint density at radius 1 is 0.476 bits per heavy atom. The summed E-state index contributed by atoms with van der Waals surface area (Å²) in [5.74, 6) is 0.627. The van der Waals surface area contributed by atoms with Crippen LogP contribution in [0.25, 0.3) is 83.0 Å². The van der Waals surface area contributed by atoms with Gasteiger partial charge < -0.3 is 4.42 Å². The molecule has 4 heteroatoms. The lowest BCUT2D eigenvalue weighted by Gasteiger charge is -2.13. The minimum atomic E-state index is 0.627. The van der Waals surface area contributed by atoms with Crippen molar-refractivity contribution < 1.29 is 4.42 Å². The Labute approximate surface area is 241 Å². The van der Waals surface area contributed by atoms with Gasteiger partial charge in [0.15, 0.2) is 0 Å². The highest BCUT2D eigenvalue weighted by atomic mass is 16.3. The second-order valence-corrected chi connectivity index (χ2v) is 10.6. The van der Waals surface area contributed by atoms with Crippen LogP contribution in [0.15, 0.2) is 144 Å². The van der Waals surface area contributed by atoms with Gasteiger partial charge in [0, 0.05) is 32.7 Å². The summed E-state index contributed by atoms with van der Waals surface area (Å²) in [5.41, 5.74) is 7.70. The van der Waals surface area contributed by atoms with Gasteiger partial charge in [-0.3, -0.25) is 4.57 Å². The van der Waals surface area contributed by atoms with E-state index in [-0.39, 0.29) is 0 Å². The van der Waals surface area contributed by atoms with E-state index in [2.05, 4.69) is 95.6 Å². The van der Waals surface area contributed by atoms with Crippen LogP contribution < -0.4 is 0 Å². The van der Waals surface area contributed by atoms with E-state index in [0.29, 0.717) is 5.95 Å². The van der Waals surface area contributed by atoms with Crippen molar-refractivity contribution in [3.8, 4) is 28.5 Å². The summed E-state index contributed by atoms with van der Waals surface area (Å²) in [6, 6.07) is 48.1. The van der Waals surface area contributed by atoms with Gasteiger partial charge in [-0.25, -0.2) is 9.97 Å². The Bertz CT molecular complexity index is 2400. The topological polar surface area (TPSA) is 43.9 Å². The maximum absolute atomic E-state index is 6.66. The predicted octanol–water partition coefficient (Wildman–Crippen LogP) is 9.96. The molecule has 9 rings (SSSR count). The highest BCUT2D eigenvalue weighted by molar-refractivity contribution is 6.35. The maximum Gasteiger partial charge on any atom is 0.235 e. The predicted molar refractivity (Wildman–Crippen MR) is 172 cm³/mol. The van der Waals surface area contributed by atoms with Gasteiger partial charge in [-0.1, -0.05) is 121 Å². The zero-order chi connectivity index (χ0) is 27.6. The third-order valence-corrected chi connectivity index (χ3v) is 8.20. The van der Waals surface area contributed by atoms with E-state index in [1.165, 1.54) is 0 Å². The molecule has 3 aromatic heterocycles. The monoisotopic (exact) mass is 537 g/mol. The van der Waals surface area contributed by atoms with Crippen LogP contribution in [0.3, 0.4) is 0 Å². The minimum Gasteiger partial charge on any atom is -0.455 e. The normalized spacial score (nSPS) is 11.8. The number of furan rings is 1. The first kappa shape index (κ1) is 23.0. The van der Waals surface area contributed by atoms with Crippen LogP contribution >= 0.6 is 0 Å². The van der Waals surface area contributed by atoms with E-state index < -0.39 is 0 Å². The lowest BCUT2D eigenvalue weighted by molar-refractivity contribution is 0.673. The molecule has 0 saturated carbocycles. The Balaban J connectivity index is 1.49. The molecule has 0 spiro atoms. The van der Waals surface area contributed by atoms with Crippen molar-refractivity contribution in [2.24, 2.45) is 0 Å². The molecule has 0 aliphatic carbocycles. The molecule has 0 N–H and O–H groups in total. The molecule has 0 fully saturated rings. The molecule has 0 amide bonds. The molecular formula is C38H23N3O. The fourth-order valence-electron chi connectivity index (χ4n) is 6.38. The summed E-state index contributed by atoms with van der Waals surface area (Å²) in [7, 11) is 0. The van der Waals surface area contributed by atoms with E-state index in [0.717, 1.165) is 77.0 Å². The van der Waals surface area contributed by atoms with Gasteiger partial charge in [-0.15, -0.1) is 0 Å². The third kappa shape index (κ3) is 3.29. The van der Waals surface area contributed by atoms with Crippen molar-refractivity contribution in [2.45, 2.75) is 0 Å². The largest absolute Gasteiger partial charge is 0.455 e. The van der Waals surface area contributed by atoms with E-state index in [1.54, 1.807) is 0 Å². The average Bonchev–Trinajstić information content (AvgIpc) is 3.62. The first-order valence-corrected chi connectivity index (χ1v) is 14.1. The van der Waals surface area contributed by atoms with Crippen LogP contribution in [-0.2, 0) is 0 Å². The van der Waals surface area contributed by atoms with Gasteiger partial charge in [0.05, 0.1) is 27.8 Å². The van der Waals surface area contributed by atoms with Gasteiger partial charge in [-0.2, -0.15) is 0 Å². The summed E-state index contributed by atoms with van der Waals surface area (Å²) in [4.78, 5) is 10.4. The third-order valence-electron chi connectivity index (χ3n) is 8.20. The van der Waals surface area contributed by atoms with Gasteiger partial charge in [0.25, 0.3) is 0 Å². The molecule has 0 atom stereocenters. The smallest absolute Gasteiger partial charge is 0.235 e. The van der Waals surface area contributed by atoms with Gasteiger partial charge in [0.2, 0.25) is 5.95 Å². The fourth-order valence-corrected chi connectivity index (χ4v) is 6.38. The molecular weight excluding hydrogens is 514 g/mol. The van der Waals surface area contributed by atoms with Crippen molar-refractivity contribution in [2.75, 3.05) is 0 Å². The number of hydrogen-bond donors (Lipinski definition) is 0. The second kappa shape index (κ2) is 8.88. The average molecular weight is 538 g/mol. The van der Waals surface area contributed by atoms with Crippen LogP contribution in [-0.4, -0.2) is 14.5 Å². The summed E-state index contributed by atoms with van der Waals surface area (Å²) in [5, 5.41) is 6.73. The molecule has 0 bridgehead atoms. The summed E-state index contributed by atoms with van der Waals surface area (Å²) in [6.45, 7) is 0. The Kier molecular flexibility index (Phi) is 4.87. The first-order chi connectivity index (χ1) is 20.8. The van der Waals surface area contributed by atoms with Crippen LogP contribution in [0.1, 0.15) is 0 Å². The molecule has 0 aliphatic heterocycles. The van der Waals surface area contributed by atoms with Crippen molar-refractivity contribution in [1.29, 1.82) is 0 Å². The molecule has 0 unspecified atom stereocenters. The molecule has 6 aromatic carbocycles. The zero-order valence-corrected chi connectivity index (χ0v) is 22.5. The molecule has 0 radical (unpaired) electrons. The molecule has 42 heavy (non-hydrogen) atoms. The van der Waals surface area contributed by atoms with E-state index >= 15 is 0 Å². The highest BCUT2D eigenvalue weighted by Gasteiger charge is 2.24. The molecule has 0 aliphatic rings. The van der Waals surface area contributed by atoms with Gasteiger partial charge in [0.1, 0.15) is 11.2 Å². The first-order valence-electron chi connectivity index (χ1n) is 14.1. The summed E-state index contributed by atoms with van der Waals surface area (Å²) < 4.78 is 8.88. The Hall–Kier alpha value is -5.74. The number of aromatic nitrogens is 3. The fraction of sp³-hybridized carbons (Fsp3) is 0. The molecule has 196 valence electrons. The molecule has 9 aromatic rings. The van der Waals surface area contributed by atoms with Crippen molar-refractivity contribution in [1.82, 2.24) is 14.5 Å². The molecule has 0 saturated heterocycles. The van der Waals surface area contributed by atoms with Crippen LogP contribution in [0, 0.1) is 0 Å². The Morgan fingerprint density at radius 3 is 1.71 bits per heavy atom. The van der Waals surface area contributed by atoms with E-state index in [1.807, 2.05) is 48.5 Å². The number of para-hydroxylation sites is 2. The SMILES string of the molecule is c1ccc(-c2cc(-c3ccccc3)nc(-n3c4ccccc4c4c5oc6ccccc6c5c5ccccc5c43)n2)cc1.